The second-order valence-corrected chi connectivity index (χ2v) is 4.89. The summed E-state index contributed by atoms with van der Waals surface area (Å²) >= 11 is 0. The zero-order chi connectivity index (χ0) is 15.1. The largest absolute Gasteiger partial charge is 0.383 e. The number of benzene rings is 1. The van der Waals surface area contributed by atoms with Crippen molar-refractivity contribution in [3.63, 3.8) is 0 Å². The molecule has 0 unspecified atom stereocenters. The van der Waals surface area contributed by atoms with Gasteiger partial charge in [-0.1, -0.05) is 24.3 Å². The molecule has 0 atom stereocenters. The molecule has 2 N–H and O–H groups in total. The van der Waals surface area contributed by atoms with Crippen LogP contribution < -0.4 is 10.6 Å². The molecule has 2 aromatic rings. The predicted octanol–water partition coefficient (Wildman–Crippen LogP) is 2.76. The molecule has 0 amide bonds. The number of rotatable bonds is 7. The van der Waals surface area contributed by atoms with E-state index in [4.69, 9.17) is 4.74 Å². The maximum absolute atomic E-state index is 5.02. The third kappa shape index (κ3) is 4.72. The molecular weight excluding hydrogens is 264 g/mol. The summed E-state index contributed by atoms with van der Waals surface area (Å²) in [5, 5.41) is 6.57. The van der Waals surface area contributed by atoms with Crippen LogP contribution in [0.3, 0.4) is 0 Å². The number of hydrogen-bond donors (Lipinski definition) is 2. The number of aromatic nitrogens is 2. The van der Waals surface area contributed by atoms with Crippen LogP contribution in [0.4, 0.5) is 11.6 Å². The highest BCUT2D eigenvalue weighted by Gasteiger charge is 2.03. The van der Waals surface area contributed by atoms with E-state index in [0.29, 0.717) is 6.61 Å². The molecule has 0 radical (unpaired) electrons. The molecule has 0 aliphatic heterocycles. The average molecular weight is 286 g/mol. The molecule has 0 fully saturated rings. The van der Waals surface area contributed by atoms with E-state index in [1.54, 1.807) is 7.11 Å². The van der Waals surface area contributed by atoms with Gasteiger partial charge in [-0.2, -0.15) is 0 Å². The van der Waals surface area contributed by atoms with Crippen LogP contribution >= 0.6 is 0 Å². The standard InChI is InChI=1S/C16H22N4O/c1-12-6-4-5-7-14(12)11-18-16-10-15(17-8-9-21-3)19-13(2)20-16/h4-7,10H,8-9,11H2,1-3H3,(H2,17,18,19,20). The summed E-state index contributed by atoms with van der Waals surface area (Å²) in [5.41, 5.74) is 2.54. The van der Waals surface area contributed by atoms with Crippen molar-refractivity contribution in [3.8, 4) is 0 Å². The average Bonchev–Trinajstić information content (AvgIpc) is 2.46. The maximum atomic E-state index is 5.02. The molecular formula is C16H22N4O. The lowest BCUT2D eigenvalue weighted by molar-refractivity contribution is 0.210. The van der Waals surface area contributed by atoms with Crippen molar-refractivity contribution in [2.75, 3.05) is 30.9 Å². The Kier molecular flexibility index (Phi) is 5.51. The first-order valence-electron chi connectivity index (χ1n) is 7.06. The molecule has 0 saturated carbocycles. The summed E-state index contributed by atoms with van der Waals surface area (Å²) in [5.74, 6) is 2.38. The van der Waals surface area contributed by atoms with Crippen molar-refractivity contribution in [2.24, 2.45) is 0 Å². The molecule has 112 valence electrons. The van der Waals surface area contributed by atoms with Gasteiger partial charge in [0.1, 0.15) is 17.5 Å². The number of hydrogen-bond acceptors (Lipinski definition) is 5. The van der Waals surface area contributed by atoms with Gasteiger partial charge in [0.05, 0.1) is 6.61 Å². The third-order valence-electron chi connectivity index (χ3n) is 3.17. The first-order chi connectivity index (χ1) is 10.2. The molecule has 21 heavy (non-hydrogen) atoms. The van der Waals surface area contributed by atoms with Crippen molar-refractivity contribution in [1.29, 1.82) is 0 Å². The lowest BCUT2D eigenvalue weighted by atomic mass is 10.1. The van der Waals surface area contributed by atoms with E-state index in [-0.39, 0.29) is 0 Å². The monoisotopic (exact) mass is 286 g/mol. The molecule has 0 saturated heterocycles. The van der Waals surface area contributed by atoms with E-state index in [2.05, 4.69) is 39.7 Å². The zero-order valence-corrected chi connectivity index (χ0v) is 12.8. The topological polar surface area (TPSA) is 59.1 Å². The van der Waals surface area contributed by atoms with E-state index in [1.807, 2.05) is 25.1 Å². The van der Waals surface area contributed by atoms with Crippen molar-refractivity contribution in [2.45, 2.75) is 20.4 Å². The summed E-state index contributed by atoms with van der Waals surface area (Å²) in [6.07, 6.45) is 0. The second-order valence-electron chi connectivity index (χ2n) is 4.89. The molecule has 0 aliphatic rings. The Morgan fingerprint density at radius 2 is 1.76 bits per heavy atom. The lowest BCUT2D eigenvalue weighted by Crippen LogP contribution is -2.11. The number of ether oxygens (including phenoxy) is 1. The van der Waals surface area contributed by atoms with Crippen molar-refractivity contribution in [3.05, 3.63) is 47.3 Å². The number of nitrogens with zero attached hydrogens (tertiary/aromatic N) is 2. The summed E-state index contributed by atoms with van der Waals surface area (Å²) in [4.78, 5) is 8.77. The van der Waals surface area contributed by atoms with Crippen LogP contribution in [0.5, 0.6) is 0 Å². The molecule has 1 aromatic carbocycles. The van der Waals surface area contributed by atoms with Crippen LogP contribution in [0.2, 0.25) is 0 Å². The second kappa shape index (κ2) is 7.59. The normalized spacial score (nSPS) is 10.4. The van der Waals surface area contributed by atoms with Crippen LogP contribution in [0.15, 0.2) is 30.3 Å². The molecule has 0 bridgehead atoms. The first-order valence-corrected chi connectivity index (χ1v) is 7.06. The smallest absolute Gasteiger partial charge is 0.132 e. The van der Waals surface area contributed by atoms with Crippen LogP contribution in [-0.2, 0) is 11.3 Å². The number of nitrogens with one attached hydrogen (secondary N) is 2. The lowest BCUT2D eigenvalue weighted by Gasteiger charge is -2.11. The minimum absolute atomic E-state index is 0.648. The van der Waals surface area contributed by atoms with Crippen molar-refractivity contribution < 1.29 is 4.74 Å². The number of anilines is 2. The maximum Gasteiger partial charge on any atom is 0.132 e. The van der Waals surface area contributed by atoms with Gasteiger partial charge in [0.2, 0.25) is 0 Å². The van der Waals surface area contributed by atoms with Gasteiger partial charge in [0.15, 0.2) is 0 Å². The minimum Gasteiger partial charge on any atom is -0.383 e. The fraction of sp³-hybridized carbons (Fsp3) is 0.375. The van der Waals surface area contributed by atoms with E-state index in [9.17, 15) is 0 Å². The van der Waals surface area contributed by atoms with Crippen LogP contribution in [-0.4, -0.2) is 30.2 Å². The third-order valence-corrected chi connectivity index (χ3v) is 3.17. The van der Waals surface area contributed by atoms with Gasteiger partial charge in [0, 0.05) is 26.3 Å². The molecule has 5 heteroatoms. The quantitative estimate of drug-likeness (QED) is 0.766. The Labute approximate surface area is 125 Å². The Hall–Kier alpha value is -2.14. The van der Waals surface area contributed by atoms with Gasteiger partial charge in [-0.3, -0.25) is 0 Å². The fourth-order valence-corrected chi connectivity index (χ4v) is 2.02. The summed E-state index contributed by atoms with van der Waals surface area (Å²) in [6.45, 7) is 6.13. The minimum atomic E-state index is 0.648. The first kappa shape index (κ1) is 15.3. The van der Waals surface area contributed by atoms with E-state index >= 15 is 0 Å². The fourth-order valence-electron chi connectivity index (χ4n) is 2.02. The highest BCUT2D eigenvalue weighted by Crippen LogP contribution is 2.13. The van der Waals surface area contributed by atoms with E-state index < -0.39 is 0 Å². The van der Waals surface area contributed by atoms with Crippen molar-refractivity contribution in [1.82, 2.24) is 9.97 Å². The Morgan fingerprint density at radius 3 is 2.48 bits per heavy atom. The van der Waals surface area contributed by atoms with E-state index in [1.165, 1.54) is 11.1 Å². The molecule has 1 aromatic heterocycles. The van der Waals surface area contributed by atoms with Gasteiger partial charge in [-0.25, -0.2) is 9.97 Å². The Morgan fingerprint density at radius 1 is 1.05 bits per heavy atom. The van der Waals surface area contributed by atoms with Crippen molar-refractivity contribution >= 4 is 11.6 Å². The van der Waals surface area contributed by atoms with Gasteiger partial charge >= 0.3 is 0 Å². The van der Waals surface area contributed by atoms with Gasteiger partial charge in [-0.15, -0.1) is 0 Å². The highest BCUT2D eigenvalue weighted by molar-refractivity contribution is 5.48. The molecule has 0 aliphatic carbocycles. The number of methoxy groups -OCH3 is 1. The zero-order valence-electron chi connectivity index (χ0n) is 12.8. The molecule has 0 spiro atoms. The van der Waals surface area contributed by atoms with Crippen LogP contribution in [0.1, 0.15) is 17.0 Å². The molecule has 2 rings (SSSR count). The highest BCUT2D eigenvalue weighted by atomic mass is 16.5. The van der Waals surface area contributed by atoms with Crippen LogP contribution in [0.25, 0.3) is 0 Å². The predicted molar refractivity (Wildman–Crippen MR) is 85.6 cm³/mol. The summed E-state index contributed by atoms with van der Waals surface area (Å²) in [7, 11) is 1.68. The molecule has 1 heterocycles. The van der Waals surface area contributed by atoms with E-state index in [0.717, 1.165) is 30.5 Å². The molecule has 5 nitrogen and oxygen atoms in total. The Balaban J connectivity index is 2.01. The van der Waals surface area contributed by atoms with Gasteiger partial charge < -0.3 is 15.4 Å². The Bertz CT molecular complexity index is 586. The SMILES string of the molecule is COCCNc1cc(NCc2ccccc2C)nc(C)n1. The van der Waals surface area contributed by atoms with Gasteiger partial charge in [-0.05, 0) is 25.0 Å². The van der Waals surface area contributed by atoms with Gasteiger partial charge in [0.25, 0.3) is 0 Å². The summed E-state index contributed by atoms with van der Waals surface area (Å²) in [6, 6.07) is 10.2. The van der Waals surface area contributed by atoms with Crippen LogP contribution in [0, 0.1) is 13.8 Å². The number of aryl methyl sites for hydroxylation is 2. The summed E-state index contributed by atoms with van der Waals surface area (Å²) < 4.78 is 5.02.